The maximum Gasteiger partial charge on any atom is 0.220 e. The maximum absolute atomic E-state index is 12.5. The van der Waals surface area contributed by atoms with Crippen molar-refractivity contribution in [3.8, 4) is 0 Å². The van der Waals surface area contributed by atoms with Crippen LogP contribution in [0.2, 0.25) is 0 Å². The Bertz CT molecular complexity index is 1060. The molecule has 0 aromatic rings. The van der Waals surface area contributed by atoms with Crippen molar-refractivity contribution < 1.29 is 15.0 Å². The lowest BCUT2D eigenvalue weighted by Crippen LogP contribution is -2.45. The molecule has 0 aliphatic heterocycles. The fourth-order valence-electron chi connectivity index (χ4n) is 11.7. The molecule has 0 bridgehead atoms. The van der Waals surface area contributed by atoms with Crippen molar-refractivity contribution in [1.29, 1.82) is 0 Å². The van der Waals surface area contributed by atoms with Crippen LogP contribution in [0.15, 0.2) is 12.2 Å². The van der Waals surface area contributed by atoms with Gasteiger partial charge in [0, 0.05) is 6.42 Å². The molecule has 3 N–H and O–H groups in total. The van der Waals surface area contributed by atoms with E-state index in [0.29, 0.717) is 6.42 Å². The fourth-order valence-corrected chi connectivity index (χ4v) is 11.7. The Labute approximate surface area is 473 Å². The summed E-state index contributed by atoms with van der Waals surface area (Å²) >= 11 is 0. The maximum atomic E-state index is 12.5. The highest BCUT2D eigenvalue weighted by Crippen LogP contribution is 2.20. The summed E-state index contributed by atoms with van der Waals surface area (Å²) in [6.07, 6.45) is 90.3. The summed E-state index contributed by atoms with van der Waals surface area (Å²) in [4.78, 5) is 12.5. The summed E-state index contributed by atoms with van der Waals surface area (Å²) in [5, 5.41) is 23.3. The molecule has 0 radical (unpaired) electrons. The molecule has 448 valence electrons. The van der Waals surface area contributed by atoms with Gasteiger partial charge >= 0.3 is 0 Å². The van der Waals surface area contributed by atoms with Gasteiger partial charge in [-0.25, -0.2) is 0 Å². The van der Waals surface area contributed by atoms with E-state index in [4.69, 9.17) is 0 Å². The average molecular weight is 1060 g/mol. The molecule has 0 saturated heterocycles. The Morgan fingerprint density at radius 2 is 0.493 bits per heavy atom. The number of unbranched alkanes of at least 4 members (excludes halogenated alkanes) is 60. The summed E-state index contributed by atoms with van der Waals surface area (Å²) in [5.41, 5.74) is 0. The van der Waals surface area contributed by atoms with Crippen molar-refractivity contribution in [3.05, 3.63) is 12.2 Å². The second-order valence-electron chi connectivity index (χ2n) is 24.7. The molecule has 0 aliphatic carbocycles. The lowest BCUT2D eigenvalue weighted by Gasteiger charge is -2.20. The number of aliphatic hydroxyl groups excluding tert-OH is 2. The zero-order valence-corrected chi connectivity index (χ0v) is 51.9. The van der Waals surface area contributed by atoms with Crippen LogP contribution in [0.1, 0.15) is 418 Å². The van der Waals surface area contributed by atoms with E-state index in [9.17, 15) is 15.0 Å². The van der Waals surface area contributed by atoms with E-state index < -0.39 is 12.1 Å². The van der Waals surface area contributed by atoms with Gasteiger partial charge in [-0.3, -0.25) is 4.79 Å². The van der Waals surface area contributed by atoms with E-state index in [1.807, 2.05) is 6.08 Å². The first kappa shape index (κ1) is 74.1. The number of amides is 1. The number of rotatable bonds is 67. The van der Waals surface area contributed by atoms with Gasteiger partial charge in [-0.2, -0.15) is 0 Å². The van der Waals surface area contributed by atoms with Crippen molar-refractivity contribution >= 4 is 5.91 Å². The van der Waals surface area contributed by atoms with Gasteiger partial charge < -0.3 is 15.5 Å². The highest BCUT2D eigenvalue weighted by Gasteiger charge is 2.18. The number of hydrogen-bond acceptors (Lipinski definition) is 3. The molecule has 4 nitrogen and oxygen atoms in total. The second kappa shape index (κ2) is 67.4. The summed E-state index contributed by atoms with van der Waals surface area (Å²) < 4.78 is 0. The number of allylic oxidation sites excluding steroid dienone is 1. The normalized spacial score (nSPS) is 12.6. The standard InChI is InChI=1S/C71H141NO3/c1-3-5-7-9-11-13-15-17-19-21-23-25-27-29-31-33-35-37-39-41-43-45-47-49-51-53-55-57-59-61-63-65-67-71(75)72-69(68-73)70(74)66-64-62-60-58-56-54-52-50-48-46-44-42-40-38-36-34-32-30-28-26-24-22-20-18-16-14-12-10-8-6-4-2/h64,66,69-70,73-74H,3-63,65,67-68H2,1-2H3,(H,72,75)/b66-64+. The van der Waals surface area contributed by atoms with Crippen LogP contribution in [-0.4, -0.2) is 34.9 Å². The van der Waals surface area contributed by atoms with Gasteiger partial charge in [-0.15, -0.1) is 0 Å². The van der Waals surface area contributed by atoms with Gasteiger partial charge in [0.15, 0.2) is 0 Å². The first-order valence-corrected chi connectivity index (χ1v) is 35.4. The quantitative estimate of drug-likeness (QED) is 0.0420. The van der Waals surface area contributed by atoms with Crippen molar-refractivity contribution in [3.63, 3.8) is 0 Å². The fraction of sp³-hybridized carbons (Fsp3) is 0.958. The minimum Gasteiger partial charge on any atom is -0.394 e. The Balaban J connectivity index is 3.39. The summed E-state index contributed by atoms with van der Waals surface area (Å²) in [5.74, 6) is -0.0528. The Morgan fingerprint density at radius 3 is 0.693 bits per heavy atom. The Hall–Kier alpha value is -0.870. The van der Waals surface area contributed by atoms with Crippen molar-refractivity contribution in [1.82, 2.24) is 5.32 Å². The summed E-state index contributed by atoms with van der Waals surface area (Å²) in [6, 6.07) is -0.620. The SMILES string of the molecule is CCCCCCCCCCCCCCCCCCCCCCCCCCCCCCC/C=C/C(O)C(CO)NC(=O)CCCCCCCCCCCCCCCCCCCCCCCCCCCCCCCCCC. The molecule has 0 heterocycles. The highest BCUT2D eigenvalue weighted by atomic mass is 16.3. The zero-order chi connectivity index (χ0) is 54.1. The molecular weight excluding hydrogens is 915 g/mol. The predicted octanol–water partition coefficient (Wildman–Crippen LogP) is 24.0. The number of hydrogen-bond donors (Lipinski definition) is 3. The van der Waals surface area contributed by atoms with Crippen LogP contribution in [0, 0.1) is 0 Å². The largest absolute Gasteiger partial charge is 0.394 e. The van der Waals surface area contributed by atoms with Crippen LogP contribution in [0.3, 0.4) is 0 Å². The molecule has 0 aliphatic rings. The third kappa shape index (κ3) is 63.8. The topological polar surface area (TPSA) is 69.6 Å². The van der Waals surface area contributed by atoms with E-state index in [2.05, 4.69) is 19.2 Å². The number of aliphatic hydroxyl groups is 2. The minimum absolute atomic E-state index is 0.0528. The molecule has 0 spiro atoms. The summed E-state index contributed by atoms with van der Waals surface area (Å²) in [7, 11) is 0. The van der Waals surface area contributed by atoms with E-state index in [-0.39, 0.29) is 12.5 Å². The molecule has 0 aromatic heterocycles. The van der Waals surface area contributed by atoms with Crippen LogP contribution in [-0.2, 0) is 4.79 Å². The molecule has 2 atom stereocenters. The van der Waals surface area contributed by atoms with Crippen LogP contribution >= 0.6 is 0 Å². The molecule has 4 heteroatoms. The first-order chi connectivity index (χ1) is 37.2. The molecule has 0 aromatic carbocycles. The van der Waals surface area contributed by atoms with Crippen LogP contribution in [0.4, 0.5) is 0 Å². The van der Waals surface area contributed by atoms with Crippen molar-refractivity contribution in [2.45, 2.75) is 431 Å². The lowest BCUT2D eigenvalue weighted by atomic mass is 10.0. The highest BCUT2D eigenvalue weighted by molar-refractivity contribution is 5.76. The first-order valence-electron chi connectivity index (χ1n) is 35.4. The van der Waals surface area contributed by atoms with Gasteiger partial charge in [0.2, 0.25) is 5.91 Å². The van der Waals surface area contributed by atoms with Gasteiger partial charge in [-0.1, -0.05) is 405 Å². The third-order valence-corrected chi connectivity index (χ3v) is 17.0. The van der Waals surface area contributed by atoms with Crippen LogP contribution in [0.25, 0.3) is 0 Å². The predicted molar refractivity (Wildman–Crippen MR) is 336 cm³/mol. The Kier molecular flexibility index (Phi) is 66.6. The molecular formula is C71H141NO3. The van der Waals surface area contributed by atoms with E-state index in [0.717, 1.165) is 25.7 Å². The third-order valence-electron chi connectivity index (χ3n) is 17.0. The molecule has 0 rings (SSSR count). The van der Waals surface area contributed by atoms with Crippen LogP contribution < -0.4 is 5.32 Å². The minimum atomic E-state index is -0.837. The van der Waals surface area contributed by atoms with E-state index in [1.54, 1.807) is 6.08 Å². The number of nitrogens with one attached hydrogen (secondary N) is 1. The molecule has 1 amide bonds. The monoisotopic (exact) mass is 1060 g/mol. The number of carbonyl (C=O) groups excluding carboxylic acids is 1. The average Bonchev–Trinajstić information content (AvgIpc) is 3.41. The van der Waals surface area contributed by atoms with Gasteiger partial charge in [0.1, 0.15) is 0 Å². The molecule has 0 saturated carbocycles. The van der Waals surface area contributed by atoms with E-state index >= 15 is 0 Å². The van der Waals surface area contributed by atoms with Crippen molar-refractivity contribution in [2.75, 3.05) is 6.61 Å². The molecule has 2 unspecified atom stereocenters. The van der Waals surface area contributed by atoms with Crippen LogP contribution in [0.5, 0.6) is 0 Å². The molecule has 0 fully saturated rings. The smallest absolute Gasteiger partial charge is 0.220 e. The summed E-state index contributed by atoms with van der Waals surface area (Å²) in [6.45, 7) is 4.37. The number of carbonyl (C=O) groups is 1. The van der Waals surface area contributed by atoms with Crippen molar-refractivity contribution in [2.24, 2.45) is 0 Å². The van der Waals surface area contributed by atoms with Gasteiger partial charge in [0.05, 0.1) is 18.8 Å². The zero-order valence-electron chi connectivity index (χ0n) is 51.9. The Morgan fingerprint density at radius 1 is 0.307 bits per heavy atom. The second-order valence-corrected chi connectivity index (χ2v) is 24.7. The lowest BCUT2D eigenvalue weighted by molar-refractivity contribution is -0.123. The van der Waals surface area contributed by atoms with E-state index in [1.165, 1.54) is 372 Å². The molecule has 75 heavy (non-hydrogen) atoms. The van der Waals surface area contributed by atoms with Gasteiger partial charge in [-0.05, 0) is 19.3 Å². The van der Waals surface area contributed by atoms with Gasteiger partial charge in [0.25, 0.3) is 0 Å².